The number of aromatic nitrogens is 1. The highest BCUT2D eigenvalue weighted by molar-refractivity contribution is 6.29. The fourth-order valence-electron chi connectivity index (χ4n) is 1.47. The summed E-state index contributed by atoms with van der Waals surface area (Å²) in [5, 5.41) is 3.87. The normalized spacial score (nSPS) is 21.3. The van der Waals surface area contributed by atoms with Crippen molar-refractivity contribution in [3.05, 3.63) is 22.8 Å². The molecule has 2 rings (SSSR count). The van der Waals surface area contributed by atoms with Crippen LogP contribution >= 0.6 is 11.6 Å². The van der Waals surface area contributed by atoms with Crippen LogP contribution in [-0.4, -0.2) is 11.0 Å². The summed E-state index contributed by atoms with van der Waals surface area (Å²) in [7, 11) is 0. The van der Waals surface area contributed by atoms with Crippen molar-refractivity contribution in [2.45, 2.75) is 25.8 Å². The van der Waals surface area contributed by atoms with Crippen LogP contribution in [0.1, 0.15) is 18.9 Å². The first-order valence-corrected chi connectivity index (χ1v) is 4.55. The number of nitrogens with zero attached hydrogens (tertiary/aromatic N) is 1. The standard InChI is InChI=1S/C9H11ClN2/c1-6-2-3-7-4-5-8(10)12-9(7)11-6/h4-6H,2-3H2,1H3,(H,11,12)/t6-/m1/s1. The van der Waals surface area contributed by atoms with Crippen LogP contribution < -0.4 is 5.32 Å². The van der Waals surface area contributed by atoms with Crippen LogP contribution in [0.15, 0.2) is 12.1 Å². The number of fused-ring (bicyclic) bond motifs is 1. The smallest absolute Gasteiger partial charge is 0.131 e. The summed E-state index contributed by atoms with van der Waals surface area (Å²) >= 11 is 5.77. The zero-order valence-corrected chi connectivity index (χ0v) is 7.73. The van der Waals surface area contributed by atoms with Crippen molar-refractivity contribution in [3.63, 3.8) is 0 Å². The zero-order valence-electron chi connectivity index (χ0n) is 6.97. The maximum atomic E-state index is 5.77. The van der Waals surface area contributed by atoms with Crippen LogP contribution in [0.25, 0.3) is 0 Å². The summed E-state index contributed by atoms with van der Waals surface area (Å²) in [5.41, 5.74) is 1.28. The number of hydrogen-bond acceptors (Lipinski definition) is 2. The number of pyridine rings is 1. The van der Waals surface area contributed by atoms with Gasteiger partial charge in [0, 0.05) is 6.04 Å². The van der Waals surface area contributed by atoms with E-state index in [1.807, 2.05) is 12.1 Å². The minimum atomic E-state index is 0.517. The van der Waals surface area contributed by atoms with Crippen molar-refractivity contribution in [1.29, 1.82) is 0 Å². The topological polar surface area (TPSA) is 24.9 Å². The third-order valence-corrected chi connectivity index (χ3v) is 2.39. The van der Waals surface area contributed by atoms with Gasteiger partial charge in [-0.15, -0.1) is 0 Å². The van der Waals surface area contributed by atoms with Crippen LogP contribution in [-0.2, 0) is 6.42 Å². The number of nitrogens with one attached hydrogen (secondary N) is 1. The van der Waals surface area contributed by atoms with E-state index in [0.29, 0.717) is 11.2 Å². The Balaban J connectivity index is 2.37. The van der Waals surface area contributed by atoms with Gasteiger partial charge in [0.25, 0.3) is 0 Å². The third-order valence-electron chi connectivity index (χ3n) is 2.17. The van der Waals surface area contributed by atoms with E-state index in [0.717, 1.165) is 12.2 Å². The van der Waals surface area contributed by atoms with Crippen molar-refractivity contribution in [1.82, 2.24) is 4.98 Å². The van der Waals surface area contributed by atoms with Gasteiger partial charge in [-0.05, 0) is 31.4 Å². The molecule has 0 amide bonds. The summed E-state index contributed by atoms with van der Waals surface area (Å²) in [6, 6.07) is 4.41. The molecule has 1 N–H and O–H groups in total. The second kappa shape index (κ2) is 2.94. The molecule has 1 aromatic heterocycles. The van der Waals surface area contributed by atoms with Gasteiger partial charge >= 0.3 is 0 Å². The molecule has 1 aromatic rings. The van der Waals surface area contributed by atoms with Gasteiger partial charge in [0.05, 0.1) is 0 Å². The molecule has 0 fully saturated rings. The molecule has 3 heteroatoms. The molecule has 12 heavy (non-hydrogen) atoms. The number of anilines is 1. The van der Waals surface area contributed by atoms with Crippen LogP contribution in [0, 0.1) is 0 Å². The Morgan fingerprint density at radius 3 is 3.25 bits per heavy atom. The highest BCUT2D eigenvalue weighted by Gasteiger charge is 2.14. The average Bonchev–Trinajstić information content (AvgIpc) is 2.03. The molecule has 0 bridgehead atoms. The van der Waals surface area contributed by atoms with Crippen molar-refractivity contribution in [3.8, 4) is 0 Å². The Morgan fingerprint density at radius 2 is 2.42 bits per heavy atom. The summed E-state index contributed by atoms with van der Waals surface area (Å²) in [6.07, 6.45) is 2.28. The van der Waals surface area contributed by atoms with Gasteiger partial charge < -0.3 is 5.32 Å². The van der Waals surface area contributed by atoms with E-state index in [4.69, 9.17) is 11.6 Å². The van der Waals surface area contributed by atoms with Gasteiger partial charge in [0.2, 0.25) is 0 Å². The Morgan fingerprint density at radius 1 is 1.58 bits per heavy atom. The molecular formula is C9H11ClN2. The number of halogens is 1. The largest absolute Gasteiger partial charge is 0.367 e. The fraction of sp³-hybridized carbons (Fsp3) is 0.444. The van der Waals surface area contributed by atoms with Crippen LogP contribution in [0.4, 0.5) is 5.82 Å². The minimum absolute atomic E-state index is 0.517. The number of rotatable bonds is 0. The summed E-state index contributed by atoms with van der Waals surface area (Å²) in [5.74, 6) is 0.959. The summed E-state index contributed by atoms with van der Waals surface area (Å²) in [4.78, 5) is 4.22. The lowest BCUT2D eigenvalue weighted by atomic mass is 10.0. The predicted molar refractivity (Wildman–Crippen MR) is 50.7 cm³/mol. The first-order valence-electron chi connectivity index (χ1n) is 4.17. The molecule has 0 spiro atoms. The van der Waals surface area contributed by atoms with Crippen molar-refractivity contribution in [2.75, 3.05) is 5.32 Å². The zero-order chi connectivity index (χ0) is 8.55. The van der Waals surface area contributed by atoms with E-state index < -0.39 is 0 Å². The third kappa shape index (κ3) is 1.39. The SMILES string of the molecule is C[C@@H]1CCc2ccc(Cl)nc2N1. The lowest BCUT2D eigenvalue weighted by Crippen LogP contribution is -2.22. The second-order valence-electron chi connectivity index (χ2n) is 3.23. The Labute approximate surface area is 77.0 Å². The van der Waals surface area contributed by atoms with Crippen LogP contribution in [0.3, 0.4) is 0 Å². The van der Waals surface area contributed by atoms with Crippen LogP contribution in [0.5, 0.6) is 0 Å². The molecular weight excluding hydrogens is 172 g/mol. The highest BCUT2D eigenvalue weighted by Crippen LogP contribution is 2.23. The Kier molecular flexibility index (Phi) is 1.93. The second-order valence-corrected chi connectivity index (χ2v) is 3.61. The molecule has 1 aliphatic rings. The highest BCUT2D eigenvalue weighted by atomic mass is 35.5. The van der Waals surface area contributed by atoms with Crippen LogP contribution in [0.2, 0.25) is 5.15 Å². The van der Waals surface area contributed by atoms with E-state index in [-0.39, 0.29) is 0 Å². The molecule has 0 aromatic carbocycles. The predicted octanol–water partition coefficient (Wildman–Crippen LogP) is 2.48. The van der Waals surface area contributed by atoms with E-state index in [9.17, 15) is 0 Å². The van der Waals surface area contributed by atoms with Gasteiger partial charge in [0.1, 0.15) is 11.0 Å². The Hall–Kier alpha value is -0.760. The molecule has 1 atom stereocenters. The van der Waals surface area contributed by atoms with Gasteiger partial charge in [-0.25, -0.2) is 4.98 Å². The molecule has 2 heterocycles. The van der Waals surface area contributed by atoms with E-state index >= 15 is 0 Å². The van der Waals surface area contributed by atoms with Gasteiger partial charge in [-0.2, -0.15) is 0 Å². The number of aryl methyl sites for hydroxylation is 1. The first-order chi connectivity index (χ1) is 5.75. The quantitative estimate of drug-likeness (QED) is 0.624. The fourth-order valence-corrected chi connectivity index (χ4v) is 1.62. The molecule has 0 unspecified atom stereocenters. The maximum absolute atomic E-state index is 5.77. The molecule has 0 saturated carbocycles. The lowest BCUT2D eigenvalue weighted by molar-refractivity contribution is 0.674. The lowest BCUT2D eigenvalue weighted by Gasteiger charge is -2.22. The average molecular weight is 183 g/mol. The molecule has 1 aliphatic heterocycles. The van der Waals surface area contributed by atoms with Crippen molar-refractivity contribution >= 4 is 17.4 Å². The first kappa shape index (κ1) is 7.87. The van der Waals surface area contributed by atoms with Gasteiger partial charge in [0.15, 0.2) is 0 Å². The summed E-state index contributed by atoms with van der Waals surface area (Å²) in [6.45, 7) is 2.16. The Bertz CT molecular complexity index is 299. The maximum Gasteiger partial charge on any atom is 0.131 e. The van der Waals surface area contributed by atoms with Gasteiger partial charge in [-0.3, -0.25) is 0 Å². The molecule has 2 nitrogen and oxygen atoms in total. The molecule has 0 aliphatic carbocycles. The molecule has 64 valence electrons. The van der Waals surface area contributed by atoms with Crippen molar-refractivity contribution in [2.24, 2.45) is 0 Å². The number of hydrogen-bond donors (Lipinski definition) is 1. The van der Waals surface area contributed by atoms with E-state index in [2.05, 4.69) is 17.2 Å². The summed E-state index contributed by atoms with van der Waals surface area (Å²) < 4.78 is 0. The molecule has 0 saturated heterocycles. The van der Waals surface area contributed by atoms with E-state index in [1.54, 1.807) is 0 Å². The monoisotopic (exact) mass is 182 g/mol. The van der Waals surface area contributed by atoms with Gasteiger partial charge in [-0.1, -0.05) is 17.7 Å². The minimum Gasteiger partial charge on any atom is -0.367 e. The van der Waals surface area contributed by atoms with E-state index in [1.165, 1.54) is 12.0 Å². The molecule has 0 radical (unpaired) electrons. The van der Waals surface area contributed by atoms with Crippen molar-refractivity contribution < 1.29 is 0 Å².